The summed E-state index contributed by atoms with van der Waals surface area (Å²) in [5.74, 6) is 0.660. The van der Waals surface area contributed by atoms with Gasteiger partial charge in [0.15, 0.2) is 11.8 Å². The molecule has 3 rings (SSSR count). The Morgan fingerprint density at radius 3 is 2.41 bits per heavy atom. The molecule has 152 valence electrons. The number of aromatic amines is 1. The number of halogens is 3. The molecule has 2 heterocycles. The average Bonchev–Trinajstić information content (AvgIpc) is 2.67. The number of alkyl halides is 3. The first-order chi connectivity index (χ1) is 13.8. The number of aromatic nitrogens is 4. The van der Waals surface area contributed by atoms with Crippen molar-refractivity contribution in [3.63, 3.8) is 0 Å². The van der Waals surface area contributed by atoms with E-state index in [1.807, 2.05) is 6.92 Å². The SMILES string of the molecule is CCSc1nc(-c2ccc(=O)[nH]n2)cc(=O)n1-c1ccc(OCC(F)(F)F)cc1. The van der Waals surface area contributed by atoms with Gasteiger partial charge in [-0.3, -0.25) is 14.2 Å². The van der Waals surface area contributed by atoms with Crippen molar-refractivity contribution in [2.45, 2.75) is 18.3 Å². The zero-order chi connectivity index (χ0) is 21.0. The zero-order valence-corrected chi connectivity index (χ0v) is 15.9. The molecule has 0 spiro atoms. The van der Waals surface area contributed by atoms with Crippen LogP contribution >= 0.6 is 11.8 Å². The third-order valence-corrected chi connectivity index (χ3v) is 4.42. The highest BCUT2D eigenvalue weighted by Gasteiger charge is 2.28. The summed E-state index contributed by atoms with van der Waals surface area (Å²) in [6.45, 7) is 0.492. The standard InChI is InChI=1S/C18H15F3N4O3S/c1-2-29-17-22-14(13-7-8-15(26)24-23-13)9-16(27)25(17)11-3-5-12(6-4-11)28-10-18(19,20)21/h3-9H,2,10H2,1H3,(H,24,26). The Bertz CT molecular complexity index is 1090. The van der Waals surface area contributed by atoms with Crippen LogP contribution in [0.2, 0.25) is 0 Å². The Balaban J connectivity index is 1.97. The highest BCUT2D eigenvalue weighted by atomic mass is 32.2. The Labute approximate surface area is 166 Å². The third-order valence-electron chi connectivity index (χ3n) is 3.60. The van der Waals surface area contributed by atoms with E-state index in [9.17, 15) is 22.8 Å². The molecule has 0 aliphatic heterocycles. The first-order valence-electron chi connectivity index (χ1n) is 8.40. The lowest BCUT2D eigenvalue weighted by Gasteiger charge is -2.13. The van der Waals surface area contributed by atoms with Crippen LogP contribution < -0.4 is 15.9 Å². The fraction of sp³-hybridized carbons (Fsp3) is 0.222. The van der Waals surface area contributed by atoms with Gasteiger partial charge in [0.25, 0.3) is 11.1 Å². The highest BCUT2D eigenvalue weighted by Crippen LogP contribution is 2.24. The number of benzene rings is 1. The van der Waals surface area contributed by atoms with Crippen molar-refractivity contribution in [3.8, 4) is 22.8 Å². The van der Waals surface area contributed by atoms with Gasteiger partial charge in [0.05, 0.1) is 11.4 Å². The number of hydrogen-bond acceptors (Lipinski definition) is 6. The van der Waals surface area contributed by atoms with Gasteiger partial charge in [-0.1, -0.05) is 18.7 Å². The molecule has 0 bridgehead atoms. The highest BCUT2D eigenvalue weighted by molar-refractivity contribution is 7.99. The number of nitrogens with one attached hydrogen (secondary N) is 1. The molecule has 0 fully saturated rings. The molecule has 0 saturated carbocycles. The minimum Gasteiger partial charge on any atom is -0.484 e. The summed E-state index contributed by atoms with van der Waals surface area (Å²) >= 11 is 1.31. The van der Waals surface area contributed by atoms with E-state index in [1.54, 1.807) is 0 Å². The Hall–Kier alpha value is -3.08. The lowest BCUT2D eigenvalue weighted by molar-refractivity contribution is -0.153. The monoisotopic (exact) mass is 424 g/mol. The molecule has 1 N–H and O–H groups in total. The van der Waals surface area contributed by atoms with Crippen molar-refractivity contribution < 1.29 is 17.9 Å². The Morgan fingerprint density at radius 1 is 1.10 bits per heavy atom. The molecular formula is C18H15F3N4O3S. The molecule has 0 radical (unpaired) electrons. The predicted molar refractivity (Wildman–Crippen MR) is 102 cm³/mol. The molecule has 0 amide bonds. The number of ether oxygens (including phenoxy) is 1. The summed E-state index contributed by atoms with van der Waals surface area (Å²) < 4.78 is 42.8. The minimum atomic E-state index is -4.43. The number of rotatable bonds is 6. The average molecular weight is 424 g/mol. The van der Waals surface area contributed by atoms with E-state index in [0.717, 1.165) is 0 Å². The van der Waals surface area contributed by atoms with E-state index in [0.29, 0.717) is 28.0 Å². The number of nitrogens with zero attached hydrogens (tertiary/aromatic N) is 3. The van der Waals surface area contributed by atoms with Crippen LogP contribution in [0.15, 0.2) is 57.2 Å². The van der Waals surface area contributed by atoms with Crippen molar-refractivity contribution in [3.05, 3.63) is 63.2 Å². The van der Waals surface area contributed by atoms with Gasteiger partial charge in [0.2, 0.25) is 0 Å². The number of H-pyrrole nitrogens is 1. The van der Waals surface area contributed by atoms with Gasteiger partial charge in [0, 0.05) is 12.1 Å². The fourth-order valence-electron chi connectivity index (χ4n) is 2.40. The molecule has 7 nitrogen and oxygen atoms in total. The maximum atomic E-state index is 12.7. The van der Waals surface area contributed by atoms with Crippen molar-refractivity contribution >= 4 is 11.8 Å². The molecular weight excluding hydrogens is 409 g/mol. The van der Waals surface area contributed by atoms with Gasteiger partial charge >= 0.3 is 6.18 Å². The van der Waals surface area contributed by atoms with Crippen LogP contribution in [-0.2, 0) is 0 Å². The lowest BCUT2D eigenvalue weighted by atomic mass is 10.2. The van der Waals surface area contributed by atoms with Crippen molar-refractivity contribution in [2.75, 3.05) is 12.4 Å². The zero-order valence-electron chi connectivity index (χ0n) is 15.1. The minimum absolute atomic E-state index is 0.0332. The molecule has 11 heteroatoms. The Morgan fingerprint density at radius 2 is 1.83 bits per heavy atom. The van der Waals surface area contributed by atoms with Crippen LogP contribution in [-0.4, -0.2) is 38.3 Å². The molecule has 1 aromatic carbocycles. The quantitative estimate of drug-likeness (QED) is 0.483. The van der Waals surface area contributed by atoms with Crippen molar-refractivity contribution in [1.82, 2.24) is 19.7 Å². The van der Waals surface area contributed by atoms with Crippen LogP contribution in [0.4, 0.5) is 13.2 Å². The molecule has 3 aromatic rings. The second kappa shape index (κ2) is 8.52. The molecule has 0 aliphatic rings. The molecule has 0 aliphatic carbocycles. The van der Waals surface area contributed by atoms with Gasteiger partial charge in [-0.2, -0.15) is 18.3 Å². The maximum Gasteiger partial charge on any atom is 0.422 e. The number of thioether (sulfide) groups is 1. The van der Waals surface area contributed by atoms with Crippen LogP contribution in [0.5, 0.6) is 5.75 Å². The second-order valence-electron chi connectivity index (χ2n) is 5.73. The van der Waals surface area contributed by atoms with Gasteiger partial charge in [-0.15, -0.1) is 0 Å². The van der Waals surface area contributed by atoms with Gasteiger partial charge < -0.3 is 4.74 Å². The summed E-state index contributed by atoms with van der Waals surface area (Å²) in [5, 5.41) is 6.55. The second-order valence-corrected chi connectivity index (χ2v) is 6.97. The largest absolute Gasteiger partial charge is 0.484 e. The van der Waals surface area contributed by atoms with E-state index in [2.05, 4.69) is 19.9 Å². The summed E-state index contributed by atoms with van der Waals surface area (Å²) in [7, 11) is 0. The van der Waals surface area contributed by atoms with Crippen LogP contribution in [0, 0.1) is 0 Å². The summed E-state index contributed by atoms with van der Waals surface area (Å²) in [4.78, 5) is 28.4. The molecule has 0 atom stereocenters. The molecule has 2 aromatic heterocycles. The van der Waals surface area contributed by atoms with Gasteiger partial charge in [-0.05, 0) is 36.1 Å². The summed E-state index contributed by atoms with van der Waals surface area (Å²) in [6, 6.07) is 9.67. The fourth-order valence-corrected chi connectivity index (χ4v) is 3.15. The van der Waals surface area contributed by atoms with E-state index in [4.69, 9.17) is 0 Å². The van der Waals surface area contributed by atoms with E-state index < -0.39 is 18.3 Å². The molecule has 0 unspecified atom stereocenters. The van der Waals surface area contributed by atoms with Gasteiger partial charge in [0.1, 0.15) is 11.4 Å². The topological polar surface area (TPSA) is 89.9 Å². The predicted octanol–water partition coefficient (Wildman–Crippen LogP) is 3.04. The van der Waals surface area contributed by atoms with Gasteiger partial charge in [-0.25, -0.2) is 10.1 Å². The van der Waals surface area contributed by atoms with Crippen LogP contribution in [0.25, 0.3) is 17.1 Å². The summed E-state index contributed by atoms with van der Waals surface area (Å²) in [5.41, 5.74) is 0.283. The number of hydrogen-bond donors (Lipinski definition) is 1. The van der Waals surface area contributed by atoms with E-state index >= 15 is 0 Å². The molecule has 29 heavy (non-hydrogen) atoms. The third kappa shape index (κ3) is 5.25. The summed E-state index contributed by atoms with van der Waals surface area (Å²) in [6.07, 6.45) is -4.43. The Kier molecular flexibility index (Phi) is 6.06. The van der Waals surface area contributed by atoms with Crippen LogP contribution in [0.3, 0.4) is 0 Å². The lowest BCUT2D eigenvalue weighted by Crippen LogP contribution is -2.22. The van der Waals surface area contributed by atoms with Crippen molar-refractivity contribution in [2.24, 2.45) is 0 Å². The normalized spacial score (nSPS) is 11.4. The maximum absolute atomic E-state index is 12.7. The smallest absolute Gasteiger partial charge is 0.422 e. The first kappa shape index (κ1) is 20.6. The first-order valence-corrected chi connectivity index (χ1v) is 9.38. The van der Waals surface area contributed by atoms with Crippen molar-refractivity contribution in [1.29, 1.82) is 0 Å². The van der Waals surface area contributed by atoms with E-state index in [1.165, 1.54) is 58.8 Å². The molecule has 0 saturated heterocycles. The van der Waals surface area contributed by atoms with Crippen LogP contribution in [0.1, 0.15) is 6.92 Å². The van der Waals surface area contributed by atoms with E-state index in [-0.39, 0.29) is 11.3 Å².